The highest BCUT2D eigenvalue weighted by Gasteiger charge is 2.14. The Labute approximate surface area is 128 Å². The Morgan fingerprint density at radius 3 is 2.81 bits per heavy atom. The third kappa shape index (κ3) is 3.55. The molecule has 0 saturated heterocycles. The van der Waals surface area contributed by atoms with E-state index in [0.29, 0.717) is 22.9 Å². The maximum absolute atomic E-state index is 10.9. The molecule has 0 bridgehead atoms. The predicted octanol–water partition coefficient (Wildman–Crippen LogP) is 3.07. The predicted molar refractivity (Wildman–Crippen MR) is 79.8 cm³/mol. The van der Waals surface area contributed by atoms with Gasteiger partial charge in [-0.1, -0.05) is 29.8 Å². The van der Waals surface area contributed by atoms with Crippen LogP contribution in [0.25, 0.3) is 0 Å². The van der Waals surface area contributed by atoms with Crippen LogP contribution in [0.3, 0.4) is 0 Å². The SMILES string of the molecule is CCn1nc(C)c(Cl)c1COc1ccccc1CC(=O)O. The minimum Gasteiger partial charge on any atom is -0.487 e. The van der Waals surface area contributed by atoms with Crippen molar-refractivity contribution in [3.05, 3.63) is 46.2 Å². The summed E-state index contributed by atoms with van der Waals surface area (Å²) in [5.41, 5.74) is 2.19. The van der Waals surface area contributed by atoms with Gasteiger partial charge in [-0.3, -0.25) is 9.48 Å². The van der Waals surface area contributed by atoms with Crippen LogP contribution in [0.1, 0.15) is 23.9 Å². The molecule has 1 N–H and O–H groups in total. The molecule has 1 aromatic carbocycles. The van der Waals surface area contributed by atoms with Crippen molar-refractivity contribution in [2.45, 2.75) is 33.4 Å². The van der Waals surface area contributed by atoms with Crippen LogP contribution in [0.5, 0.6) is 5.75 Å². The molecule has 112 valence electrons. The lowest BCUT2D eigenvalue weighted by Gasteiger charge is -2.11. The molecule has 1 heterocycles. The largest absolute Gasteiger partial charge is 0.487 e. The van der Waals surface area contributed by atoms with E-state index in [0.717, 1.165) is 11.4 Å². The maximum atomic E-state index is 10.9. The highest BCUT2D eigenvalue weighted by atomic mass is 35.5. The molecular formula is C15H17ClN2O3. The van der Waals surface area contributed by atoms with Crippen molar-refractivity contribution in [2.24, 2.45) is 0 Å². The number of aryl methyl sites for hydroxylation is 2. The molecule has 0 amide bonds. The molecule has 2 aromatic rings. The van der Waals surface area contributed by atoms with Crippen LogP contribution >= 0.6 is 11.6 Å². The second-order valence-electron chi connectivity index (χ2n) is 4.63. The lowest BCUT2D eigenvalue weighted by Crippen LogP contribution is -2.08. The van der Waals surface area contributed by atoms with Gasteiger partial charge in [0.2, 0.25) is 0 Å². The molecule has 6 heteroatoms. The van der Waals surface area contributed by atoms with E-state index in [9.17, 15) is 4.79 Å². The van der Waals surface area contributed by atoms with Gasteiger partial charge in [-0.25, -0.2) is 0 Å². The van der Waals surface area contributed by atoms with Gasteiger partial charge in [0.25, 0.3) is 0 Å². The molecule has 0 aliphatic heterocycles. The zero-order chi connectivity index (χ0) is 15.4. The van der Waals surface area contributed by atoms with E-state index >= 15 is 0 Å². The fraction of sp³-hybridized carbons (Fsp3) is 0.333. The van der Waals surface area contributed by atoms with E-state index in [1.807, 2.05) is 19.9 Å². The smallest absolute Gasteiger partial charge is 0.307 e. The summed E-state index contributed by atoms with van der Waals surface area (Å²) in [6, 6.07) is 7.10. The highest BCUT2D eigenvalue weighted by Crippen LogP contribution is 2.24. The standard InChI is InChI=1S/C15H17ClN2O3/c1-3-18-12(15(16)10(2)17-18)9-21-13-7-5-4-6-11(13)8-14(19)20/h4-7H,3,8-9H2,1-2H3,(H,19,20). The molecule has 0 aliphatic carbocycles. The number of para-hydroxylation sites is 1. The Morgan fingerprint density at radius 1 is 1.43 bits per heavy atom. The maximum Gasteiger partial charge on any atom is 0.307 e. The Bertz CT molecular complexity index is 652. The topological polar surface area (TPSA) is 64.4 Å². The average Bonchev–Trinajstić information content (AvgIpc) is 2.73. The van der Waals surface area contributed by atoms with Gasteiger partial charge in [0.1, 0.15) is 12.4 Å². The number of hydrogen-bond acceptors (Lipinski definition) is 3. The van der Waals surface area contributed by atoms with Gasteiger partial charge < -0.3 is 9.84 Å². The third-order valence-corrected chi connectivity index (χ3v) is 3.62. The van der Waals surface area contributed by atoms with Crippen LogP contribution in [0, 0.1) is 6.92 Å². The van der Waals surface area contributed by atoms with Crippen molar-refractivity contribution in [3.63, 3.8) is 0 Å². The summed E-state index contributed by atoms with van der Waals surface area (Å²) in [6.07, 6.45) is -0.0734. The van der Waals surface area contributed by atoms with Crippen LogP contribution in [-0.2, 0) is 24.4 Å². The number of carbonyl (C=O) groups is 1. The van der Waals surface area contributed by atoms with Crippen molar-refractivity contribution < 1.29 is 14.6 Å². The minimum absolute atomic E-state index is 0.0734. The summed E-state index contributed by atoms with van der Waals surface area (Å²) in [7, 11) is 0. The van der Waals surface area contributed by atoms with Gasteiger partial charge in [0.15, 0.2) is 0 Å². The van der Waals surface area contributed by atoms with Gasteiger partial charge >= 0.3 is 5.97 Å². The Morgan fingerprint density at radius 2 is 2.14 bits per heavy atom. The lowest BCUT2D eigenvalue weighted by molar-refractivity contribution is -0.136. The molecule has 0 radical (unpaired) electrons. The molecule has 0 unspecified atom stereocenters. The summed E-state index contributed by atoms with van der Waals surface area (Å²) in [4.78, 5) is 10.9. The molecule has 0 atom stereocenters. The van der Waals surface area contributed by atoms with Crippen molar-refractivity contribution in [3.8, 4) is 5.75 Å². The number of nitrogens with zero attached hydrogens (tertiary/aromatic N) is 2. The van der Waals surface area contributed by atoms with Crippen molar-refractivity contribution in [1.29, 1.82) is 0 Å². The second-order valence-corrected chi connectivity index (χ2v) is 5.01. The zero-order valence-electron chi connectivity index (χ0n) is 12.0. The molecular weight excluding hydrogens is 292 g/mol. The van der Waals surface area contributed by atoms with Gasteiger partial charge in [-0.15, -0.1) is 0 Å². The van der Waals surface area contributed by atoms with Crippen molar-refractivity contribution >= 4 is 17.6 Å². The van der Waals surface area contributed by atoms with Crippen LogP contribution in [0.4, 0.5) is 0 Å². The Balaban J connectivity index is 2.19. The quantitative estimate of drug-likeness (QED) is 0.890. The van der Waals surface area contributed by atoms with E-state index < -0.39 is 5.97 Å². The van der Waals surface area contributed by atoms with Crippen LogP contribution in [0.2, 0.25) is 5.02 Å². The van der Waals surface area contributed by atoms with Crippen molar-refractivity contribution in [1.82, 2.24) is 9.78 Å². The fourth-order valence-electron chi connectivity index (χ4n) is 2.11. The number of hydrogen-bond donors (Lipinski definition) is 1. The normalized spacial score (nSPS) is 10.6. The number of benzene rings is 1. The minimum atomic E-state index is -0.890. The first-order valence-electron chi connectivity index (χ1n) is 6.67. The molecule has 5 nitrogen and oxygen atoms in total. The summed E-state index contributed by atoms with van der Waals surface area (Å²) in [5.74, 6) is -0.337. The number of halogens is 1. The number of rotatable bonds is 6. The monoisotopic (exact) mass is 308 g/mol. The summed E-state index contributed by atoms with van der Waals surface area (Å²) in [6.45, 7) is 4.77. The highest BCUT2D eigenvalue weighted by molar-refractivity contribution is 6.31. The van der Waals surface area contributed by atoms with E-state index in [2.05, 4.69) is 5.10 Å². The van der Waals surface area contributed by atoms with E-state index in [4.69, 9.17) is 21.4 Å². The van der Waals surface area contributed by atoms with Crippen molar-refractivity contribution in [2.75, 3.05) is 0 Å². The lowest BCUT2D eigenvalue weighted by atomic mass is 10.1. The number of ether oxygens (including phenoxy) is 1. The van der Waals surface area contributed by atoms with Crippen LogP contribution in [-0.4, -0.2) is 20.9 Å². The number of carboxylic acid groups (broad SMARTS) is 1. The molecule has 0 fully saturated rings. The first kappa shape index (κ1) is 15.4. The van der Waals surface area contributed by atoms with E-state index in [1.54, 1.807) is 22.9 Å². The summed E-state index contributed by atoms with van der Waals surface area (Å²) < 4.78 is 7.54. The van der Waals surface area contributed by atoms with Crippen LogP contribution < -0.4 is 4.74 Å². The number of aliphatic carboxylic acids is 1. The molecule has 0 spiro atoms. The summed E-state index contributed by atoms with van der Waals surface area (Å²) >= 11 is 6.23. The molecule has 2 rings (SSSR count). The Kier molecular flexibility index (Phi) is 4.85. The van der Waals surface area contributed by atoms with Crippen LogP contribution in [0.15, 0.2) is 24.3 Å². The van der Waals surface area contributed by atoms with Gasteiger partial charge in [-0.2, -0.15) is 5.10 Å². The molecule has 0 aliphatic rings. The van der Waals surface area contributed by atoms with Gasteiger partial charge in [-0.05, 0) is 19.9 Å². The molecule has 1 aromatic heterocycles. The number of carboxylic acids is 1. The third-order valence-electron chi connectivity index (χ3n) is 3.13. The zero-order valence-corrected chi connectivity index (χ0v) is 12.7. The molecule has 0 saturated carbocycles. The van der Waals surface area contributed by atoms with Gasteiger partial charge in [0, 0.05) is 12.1 Å². The summed E-state index contributed by atoms with van der Waals surface area (Å²) in [5, 5.41) is 13.8. The van der Waals surface area contributed by atoms with E-state index in [-0.39, 0.29) is 13.0 Å². The molecule has 21 heavy (non-hydrogen) atoms. The fourth-order valence-corrected chi connectivity index (χ4v) is 2.30. The van der Waals surface area contributed by atoms with E-state index in [1.165, 1.54) is 0 Å². The van der Waals surface area contributed by atoms with Gasteiger partial charge in [0.05, 0.1) is 22.8 Å². The second kappa shape index (κ2) is 6.63. The first-order chi connectivity index (χ1) is 10.0. The first-order valence-corrected chi connectivity index (χ1v) is 7.05. The number of aromatic nitrogens is 2. The average molecular weight is 309 g/mol. The Hall–Kier alpha value is -2.01.